The van der Waals surface area contributed by atoms with Gasteiger partial charge in [0.2, 0.25) is 0 Å². The number of esters is 1. The molecule has 0 aromatic carbocycles. The minimum Gasteiger partial charge on any atom is -0.466 e. The number of rotatable bonds is 5. The first-order valence-electron chi connectivity index (χ1n) is 4.89. The van der Waals surface area contributed by atoms with E-state index in [-0.39, 0.29) is 24.2 Å². The maximum absolute atomic E-state index is 11.3. The fourth-order valence-corrected chi connectivity index (χ4v) is 1.19. The van der Waals surface area contributed by atoms with Crippen LogP contribution in [0.2, 0.25) is 0 Å². The minimum atomic E-state index is -0.578. The molecule has 1 atom stereocenters. The number of carbonyl (C=O) groups excluding carboxylic acids is 1. The molecule has 0 aliphatic heterocycles. The van der Waals surface area contributed by atoms with Gasteiger partial charge in [-0.1, -0.05) is 6.92 Å². The highest BCUT2D eigenvalue weighted by atomic mass is 16.6. The quantitative estimate of drug-likeness (QED) is 0.425. The molecule has 88 valence electrons. The second-order valence-electron chi connectivity index (χ2n) is 3.31. The van der Waals surface area contributed by atoms with Crippen molar-refractivity contribution < 1.29 is 14.5 Å². The number of ether oxygens (including phenoxy) is 1. The highest BCUT2D eigenvalue weighted by molar-refractivity contribution is 5.71. The largest absolute Gasteiger partial charge is 0.466 e. The van der Waals surface area contributed by atoms with Gasteiger partial charge in [0, 0.05) is 0 Å². The van der Waals surface area contributed by atoms with Crippen molar-refractivity contribution in [3.05, 3.63) is 22.4 Å². The molecule has 0 radical (unpaired) electrons. The average molecular weight is 227 g/mol. The maximum Gasteiger partial charge on any atom is 0.389 e. The lowest BCUT2D eigenvalue weighted by molar-refractivity contribution is -0.389. The molecule has 7 heteroatoms. The lowest BCUT2D eigenvalue weighted by atomic mass is 10.2. The van der Waals surface area contributed by atoms with Crippen LogP contribution < -0.4 is 0 Å². The first kappa shape index (κ1) is 12.2. The summed E-state index contributed by atoms with van der Waals surface area (Å²) in [4.78, 5) is 21.1. The Balaban J connectivity index is 2.59. The van der Waals surface area contributed by atoms with Crippen molar-refractivity contribution in [3.8, 4) is 0 Å². The molecule has 0 N–H and O–H groups in total. The van der Waals surface area contributed by atoms with Crippen LogP contribution in [0, 0.1) is 16.0 Å². The minimum absolute atomic E-state index is 0.226. The molecule has 1 aromatic rings. The average Bonchev–Trinajstić information content (AvgIpc) is 2.66. The summed E-state index contributed by atoms with van der Waals surface area (Å²) in [6.45, 7) is 4.00. The van der Waals surface area contributed by atoms with E-state index < -0.39 is 4.92 Å². The number of nitrogens with zero attached hydrogens (tertiary/aromatic N) is 3. The summed E-state index contributed by atoms with van der Waals surface area (Å²) < 4.78 is 6.18. The highest BCUT2D eigenvalue weighted by Crippen LogP contribution is 2.08. The van der Waals surface area contributed by atoms with Crippen LogP contribution in [0.15, 0.2) is 12.3 Å². The first-order chi connectivity index (χ1) is 7.54. The standard InChI is InChI=1S/C9H13N3O4/c1-3-16-9(13)7(2)6-11-5-4-8(10-11)12(14)15/h4-5,7H,3,6H2,1-2H3. The molecule has 7 nitrogen and oxygen atoms in total. The summed E-state index contributed by atoms with van der Waals surface area (Å²) in [6.07, 6.45) is 1.47. The third-order valence-electron chi connectivity index (χ3n) is 1.96. The molecule has 0 saturated carbocycles. The second kappa shape index (κ2) is 5.24. The molecule has 0 aliphatic rings. The predicted octanol–water partition coefficient (Wildman–Crippen LogP) is 0.990. The Morgan fingerprint density at radius 3 is 2.94 bits per heavy atom. The Hall–Kier alpha value is -1.92. The molecule has 0 bridgehead atoms. The zero-order chi connectivity index (χ0) is 12.1. The molecule has 1 rings (SSSR count). The molecular weight excluding hydrogens is 214 g/mol. The van der Waals surface area contributed by atoms with Gasteiger partial charge in [-0.2, -0.15) is 4.68 Å². The molecule has 0 saturated heterocycles. The molecule has 1 heterocycles. The summed E-state index contributed by atoms with van der Waals surface area (Å²) in [5, 5.41) is 14.1. The van der Waals surface area contributed by atoms with Crippen molar-refractivity contribution in [2.24, 2.45) is 5.92 Å². The zero-order valence-electron chi connectivity index (χ0n) is 9.12. The molecule has 16 heavy (non-hydrogen) atoms. The lowest BCUT2D eigenvalue weighted by Gasteiger charge is -2.07. The van der Waals surface area contributed by atoms with Crippen LogP contribution in [0.4, 0.5) is 5.82 Å². The van der Waals surface area contributed by atoms with E-state index >= 15 is 0 Å². The van der Waals surface area contributed by atoms with Crippen LogP contribution >= 0.6 is 0 Å². The van der Waals surface area contributed by atoms with Gasteiger partial charge >= 0.3 is 11.8 Å². The predicted molar refractivity (Wildman–Crippen MR) is 54.7 cm³/mol. The second-order valence-corrected chi connectivity index (χ2v) is 3.31. The van der Waals surface area contributed by atoms with Crippen molar-refractivity contribution in [1.29, 1.82) is 0 Å². The molecule has 0 amide bonds. The van der Waals surface area contributed by atoms with Crippen molar-refractivity contribution in [2.75, 3.05) is 6.61 Å². The maximum atomic E-state index is 11.3. The third kappa shape index (κ3) is 3.04. The number of hydrogen-bond donors (Lipinski definition) is 0. The molecule has 1 unspecified atom stereocenters. The van der Waals surface area contributed by atoms with Crippen LogP contribution in [0.3, 0.4) is 0 Å². The number of nitro groups is 1. The van der Waals surface area contributed by atoms with Gasteiger partial charge in [0.25, 0.3) is 0 Å². The molecular formula is C9H13N3O4. The fraction of sp³-hybridized carbons (Fsp3) is 0.556. The summed E-state index contributed by atoms with van der Waals surface area (Å²) in [7, 11) is 0. The molecule has 1 aromatic heterocycles. The van der Waals surface area contributed by atoms with Gasteiger partial charge < -0.3 is 14.9 Å². The van der Waals surface area contributed by atoms with Gasteiger partial charge in [-0.05, 0) is 11.8 Å². The van der Waals surface area contributed by atoms with E-state index in [2.05, 4.69) is 5.10 Å². The third-order valence-corrected chi connectivity index (χ3v) is 1.96. The van der Waals surface area contributed by atoms with E-state index in [1.165, 1.54) is 16.9 Å². The zero-order valence-corrected chi connectivity index (χ0v) is 9.12. The Morgan fingerprint density at radius 2 is 2.44 bits per heavy atom. The van der Waals surface area contributed by atoms with Crippen LogP contribution in [0.1, 0.15) is 13.8 Å². The van der Waals surface area contributed by atoms with Crippen molar-refractivity contribution in [1.82, 2.24) is 9.78 Å². The Kier molecular flexibility index (Phi) is 3.98. The Labute approximate surface area is 92.2 Å². The highest BCUT2D eigenvalue weighted by Gasteiger charge is 2.18. The topological polar surface area (TPSA) is 87.3 Å². The summed E-state index contributed by atoms with van der Waals surface area (Å²) in [5.74, 6) is -0.934. The normalized spacial score (nSPS) is 12.1. The first-order valence-corrected chi connectivity index (χ1v) is 4.89. The van der Waals surface area contributed by atoms with Crippen molar-refractivity contribution in [3.63, 3.8) is 0 Å². The van der Waals surface area contributed by atoms with E-state index in [1.807, 2.05) is 0 Å². The Bertz CT molecular complexity index is 388. The molecule has 0 fully saturated rings. The number of aromatic nitrogens is 2. The summed E-state index contributed by atoms with van der Waals surface area (Å²) in [6, 6.07) is 1.29. The van der Waals surface area contributed by atoms with Gasteiger partial charge in [0.15, 0.2) is 0 Å². The van der Waals surface area contributed by atoms with Crippen molar-refractivity contribution >= 4 is 11.8 Å². The van der Waals surface area contributed by atoms with E-state index in [9.17, 15) is 14.9 Å². The van der Waals surface area contributed by atoms with Crippen LogP contribution in [-0.4, -0.2) is 27.3 Å². The van der Waals surface area contributed by atoms with E-state index in [0.29, 0.717) is 6.61 Å². The summed E-state index contributed by atoms with van der Waals surface area (Å²) in [5.41, 5.74) is 0. The number of carbonyl (C=O) groups is 1. The summed E-state index contributed by atoms with van der Waals surface area (Å²) >= 11 is 0. The van der Waals surface area contributed by atoms with Gasteiger partial charge in [-0.15, -0.1) is 0 Å². The fourth-order valence-electron chi connectivity index (χ4n) is 1.19. The molecule has 0 spiro atoms. The SMILES string of the molecule is CCOC(=O)C(C)Cn1ccc([N+](=O)[O-])n1. The van der Waals surface area contributed by atoms with E-state index in [4.69, 9.17) is 4.74 Å². The van der Waals surface area contributed by atoms with Gasteiger partial charge in [-0.25, -0.2) is 0 Å². The monoisotopic (exact) mass is 227 g/mol. The van der Waals surface area contributed by atoms with E-state index in [1.54, 1.807) is 13.8 Å². The van der Waals surface area contributed by atoms with Gasteiger partial charge in [-0.3, -0.25) is 4.79 Å². The smallest absolute Gasteiger partial charge is 0.389 e. The van der Waals surface area contributed by atoms with E-state index in [0.717, 1.165) is 0 Å². The Morgan fingerprint density at radius 1 is 1.75 bits per heavy atom. The van der Waals surface area contributed by atoms with Gasteiger partial charge in [0.1, 0.15) is 0 Å². The molecule has 0 aliphatic carbocycles. The van der Waals surface area contributed by atoms with Crippen LogP contribution in [0.25, 0.3) is 0 Å². The number of hydrogen-bond acceptors (Lipinski definition) is 5. The van der Waals surface area contributed by atoms with Crippen LogP contribution in [0.5, 0.6) is 0 Å². The lowest BCUT2D eigenvalue weighted by Crippen LogP contribution is -2.20. The van der Waals surface area contributed by atoms with Gasteiger partial charge in [0.05, 0.1) is 36.4 Å². The van der Waals surface area contributed by atoms with Crippen LogP contribution in [-0.2, 0) is 16.1 Å². The van der Waals surface area contributed by atoms with Crippen molar-refractivity contribution in [2.45, 2.75) is 20.4 Å².